The lowest BCUT2D eigenvalue weighted by atomic mass is 9.58. The fourth-order valence-electron chi connectivity index (χ4n) is 9.34. The van der Waals surface area contributed by atoms with Crippen LogP contribution in [0.1, 0.15) is 5.56 Å². The summed E-state index contributed by atoms with van der Waals surface area (Å²) in [5, 5.41) is 12.4. The lowest BCUT2D eigenvalue weighted by Crippen LogP contribution is -2.37. The van der Waals surface area contributed by atoms with Crippen molar-refractivity contribution in [1.29, 1.82) is 0 Å². The van der Waals surface area contributed by atoms with Gasteiger partial charge in [0.1, 0.15) is 11.3 Å². The second-order valence-electron chi connectivity index (χ2n) is 15.2. The molecule has 1 N–H and O–H groups in total. The molecule has 0 spiro atoms. The summed E-state index contributed by atoms with van der Waals surface area (Å²) in [5.74, 6) is 0.882. The number of anilines is 2. The Balaban J connectivity index is 1.22. The van der Waals surface area contributed by atoms with Crippen molar-refractivity contribution in [1.82, 2.24) is 4.57 Å². The van der Waals surface area contributed by atoms with Crippen molar-refractivity contribution in [3.05, 3.63) is 188 Å². The predicted molar refractivity (Wildman–Crippen MR) is 241 cm³/mol. The van der Waals surface area contributed by atoms with Crippen molar-refractivity contribution in [3.63, 3.8) is 0 Å². The van der Waals surface area contributed by atoms with Crippen molar-refractivity contribution in [2.75, 3.05) is 5.32 Å². The molecule has 265 valence electrons. The Bertz CT molecular complexity index is 3400. The van der Waals surface area contributed by atoms with Crippen LogP contribution in [0.25, 0.3) is 93.6 Å². The third-order valence-electron chi connectivity index (χ3n) is 11.9. The fourth-order valence-corrected chi connectivity index (χ4v) is 9.34. The molecule has 0 aliphatic carbocycles. The largest absolute Gasteiger partial charge is 0.455 e. The van der Waals surface area contributed by atoms with Crippen molar-refractivity contribution < 1.29 is 4.42 Å². The van der Waals surface area contributed by atoms with Crippen LogP contribution in [0.5, 0.6) is 0 Å². The van der Waals surface area contributed by atoms with Crippen LogP contribution in [0, 0.1) is 6.92 Å². The second-order valence-corrected chi connectivity index (χ2v) is 15.2. The summed E-state index contributed by atoms with van der Waals surface area (Å²) >= 11 is 0. The van der Waals surface area contributed by atoms with Crippen molar-refractivity contribution in [2.24, 2.45) is 0 Å². The van der Waals surface area contributed by atoms with Crippen LogP contribution in [0.4, 0.5) is 11.4 Å². The molecule has 0 saturated carbocycles. The molecule has 1 aliphatic rings. The second kappa shape index (κ2) is 12.4. The number of nitrogens with zero attached hydrogens (tertiary/aromatic N) is 1. The van der Waals surface area contributed by atoms with E-state index >= 15 is 0 Å². The predicted octanol–water partition coefficient (Wildman–Crippen LogP) is 12.9. The van der Waals surface area contributed by atoms with Gasteiger partial charge < -0.3 is 14.3 Å². The Hall–Kier alpha value is -7.30. The molecule has 0 saturated heterocycles. The molecular formula is C53H34BN2O. The highest BCUT2D eigenvalue weighted by Crippen LogP contribution is 2.47. The van der Waals surface area contributed by atoms with E-state index in [1.54, 1.807) is 0 Å². The quantitative estimate of drug-likeness (QED) is 0.179. The smallest absolute Gasteiger partial charge is 0.198 e. The lowest BCUT2D eigenvalue weighted by Gasteiger charge is -2.25. The SMILES string of the molecule is Cc1ccc(Nc2ccccc2-c2c3c4c(c5ccccc25)c2c5ccccc5ccc2n4-c2cc4c(-c5ccccc5)c(-c5ccccc5)oc4cc2[B]3)cc1. The van der Waals surface area contributed by atoms with Gasteiger partial charge in [0.05, 0.1) is 5.52 Å². The highest BCUT2D eigenvalue weighted by atomic mass is 16.3. The van der Waals surface area contributed by atoms with Crippen molar-refractivity contribution >= 4 is 83.9 Å². The molecular weight excluding hydrogens is 691 g/mol. The molecule has 0 amide bonds. The highest BCUT2D eigenvalue weighted by Gasteiger charge is 2.31. The molecule has 0 atom stereocenters. The number of hydrogen-bond donors (Lipinski definition) is 1. The van der Waals surface area contributed by atoms with Crippen LogP contribution in [0.3, 0.4) is 0 Å². The zero-order valence-corrected chi connectivity index (χ0v) is 31.3. The van der Waals surface area contributed by atoms with Crippen LogP contribution in [0.2, 0.25) is 0 Å². The van der Waals surface area contributed by atoms with Gasteiger partial charge in [-0.1, -0.05) is 157 Å². The Morgan fingerprint density at radius 3 is 2.04 bits per heavy atom. The molecule has 11 aromatic rings. The van der Waals surface area contributed by atoms with Gasteiger partial charge in [0.2, 0.25) is 0 Å². The summed E-state index contributed by atoms with van der Waals surface area (Å²) in [6.07, 6.45) is 0. The van der Waals surface area contributed by atoms with E-state index in [4.69, 9.17) is 4.42 Å². The third-order valence-corrected chi connectivity index (χ3v) is 11.9. The minimum Gasteiger partial charge on any atom is -0.455 e. The summed E-state index contributed by atoms with van der Waals surface area (Å²) in [6.45, 7) is 2.13. The van der Waals surface area contributed by atoms with Crippen LogP contribution in [0.15, 0.2) is 186 Å². The van der Waals surface area contributed by atoms with E-state index in [1.165, 1.54) is 59.9 Å². The molecule has 1 radical (unpaired) electrons. The molecule has 12 rings (SSSR count). The van der Waals surface area contributed by atoms with Gasteiger partial charge in [0, 0.05) is 55.4 Å². The number of fused-ring (bicyclic) bond motifs is 10. The molecule has 0 bridgehead atoms. The van der Waals surface area contributed by atoms with E-state index in [9.17, 15) is 0 Å². The van der Waals surface area contributed by atoms with Crippen molar-refractivity contribution in [2.45, 2.75) is 6.92 Å². The molecule has 57 heavy (non-hydrogen) atoms. The van der Waals surface area contributed by atoms with Gasteiger partial charge >= 0.3 is 0 Å². The Morgan fingerprint density at radius 2 is 1.23 bits per heavy atom. The molecule has 4 heteroatoms. The molecule has 0 unspecified atom stereocenters. The molecule has 2 aromatic heterocycles. The average Bonchev–Trinajstić information content (AvgIpc) is 3.82. The summed E-state index contributed by atoms with van der Waals surface area (Å²) in [5.41, 5.74) is 15.8. The minimum atomic E-state index is 0.869. The highest BCUT2D eigenvalue weighted by molar-refractivity contribution is 6.74. The zero-order valence-electron chi connectivity index (χ0n) is 31.3. The third kappa shape index (κ3) is 4.80. The maximum Gasteiger partial charge on any atom is 0.198 e. The van der Waals surface area contributed by atoms with E-state index in [-0.39, 0.29) is 0 Å². The van der Waals surface area contributed by atoms with Gasteiger partial charge in [-0.15, -0.1) is 0 Å². The van der Waals surface area contributed by atoms with Crippen LogP contribution in [-0.4, -0.2) is 11.8 Å². The Kier molecular flexibility index (Phi) is 6.94. The molecule has 1 aliphatic heterocycles. The van der Waals surface area contributed by atoms with E-state index in [0.29, 0.717) is 0 Å². The summed E-state index contributed by atoms with van der Waals surface area (Å²) < 4.78 is 9.47. The van der Waals surface area contributed by atoms with E-state index in [1.807, 2.05) is 0 Å². The topological polar surface area (TPSA) is 30.1 Å². The standard InChI is InChI=1S/C53H34BN2O/c1-32-24-27-36(28-25-32)55-43-23-13-12-22-40(43)48-38-20-10-11-21-39(38)50-49-37-19-9-8-14-33(37)26-29-44(49)56-45-30-41-46(31-42(45)54-51(48)52(50)56)57-53(35-17-6-3-7-18-35)47(41)34-15-4-2-5-16-34/h2-31,55H,1H3. The first-order valence-corrected chi connectivity index (χ1v) is 19.6. The number of rotatable bonds is 5. The average molecular weight is 726 g/mol. The molecule has 9 aromatic carbocycles. The summed E-state index contributed by atoms with van der Waals surface area (Å²) in [4.78, 5) is 0. The van der Waals surface area contributed by atoms with Crippen LogP contribution >= 0.6 is 0 Å². The van der Waals surface area contributed by atoms with Crippen LogP contribution in [-0.2, 0) is 0 Å². The van der Waals surface area contributed by atoms with E-state index in [2.05, 4.69) is 206 Å². The number of hydrogen-bond acceptors (Lipinski definition) is 2. The van der Waals surface area contributed by atoms with Crippen molar-refractivity contribution in [3.8, 4) is 39.3 Å². The van der Waals surface area contributed by atoms with E-state index < -0.39 is 0 Å². The lowest BCUT2D eigenvalue weighted by molar-refractivity contribution is 0.632. The Morgan fingerprint density at radius 1 is 0.544 bits per heavy atom. The zero-order chi connectivity index (χ0) is 37.6. The summed E-state index contributed by atoms with van der Waals surface area (Å²) in [7, 11) is 2.41. The molecule has 0 fully saturated rings. The first-order valence-electron chi connectivity index (χ1n) is 19.6. The van der Waals surface area contributed by atoms with Gasteiger partial charge in [-0.2, -0.15) is 0 Å². The Labute approximate surface area is 330 Å². The van der Waals surface area contributed by atoms with Gasteiger partial charge in [-0.05, 0) is 81.5 Å². The first-order chi connectivity index (χ1) is 28.2. The number of furan rings is 1. The minimum absolute atomic E-state index is 0.869. The number of aromatic nitrogens is 1. The van der Waals surface area contributed by atoms with Gasteiger partial charge in [-0.25, -0.2) is 0 Å². The number of benzene rings is 9. The van der Waals surface area contributed by atoms with E-state index in [0.717, 1.165) is 61.5 Å². The fraction of sp³-hybridized carbons (Fsp3) is 0.0189. The monoisotopic (exact) mass is 725 g/mol. The first kappa shape index (κ1) is 32.0. The number of aryl methyl sites for hydroxylation is 1. The summed E-state index contributed by atoms with van der Waals surface area (Å²) in [6, 6.07) is 65.6. The van der Waals surface area contributed by atoms with Gasteiger partial charge in [-0.3, -0.25) is 0 Å². The molecule has 3 nitrogen and oxygen atoms in total. The molecule has 3 heterocycles. The van der Waals surface area contributed by atoms with Crippen LogP contribution < -0.4 is 16.2 Å². The number of nitrogens with one attached hydrogen (secondary N) is 1. The number of para-hydroxylation sites is 1. The normalized spacial score (nSPS) is 12.1. The maximum atomic E-state index is 6.93. The van der Waals surface area contributed by atoms with Gasteiger partial charge in [0.15, 0.2) is 7.28 Å². The van der Waals surface area contributed by atoms with Gasteiger partial charge in [0.25, 0.3) is 0 Å². The maximum absolute atomic E-state index is 6.93.